The van der Waals surface area contributed by atoms with Gasteiger partial charge in [-0.05, 0) is 59.7 Å². The molecule has 3 heterocycles. The number of hydrogen-bond acceptors (Lipinski definition) is 8. The Balaban J connectivity index is 1.31. The Hall–Kier alpha value is -4.41. The highest BCUT2D eigenvalue weighted by Crippen LogP contribution is 2.40. The molecule has 0 aliphatic carbocycles. The minimum atomic E-state index is -4.10. The molecule has 2 aliphatic rings. The van der Waals surface area contributed by atoms with Gasteiger partial charge in [0.15, 0.2) is 17.3 Å². The highest BCUT2D eigenvalue weighted by molar-refractivity contribution is 7.91. The van der Waals surface area contributed by atoms with E-state index in [1.807, 2.05) is 11.0 Å². The van der Waals surface area contributed by atoms with Crippen molar-refractivity contribution in [3.8, 4) is 22.6 Å². The van der Waals surface area contributed by atoms with Crippen LogP contribution in [0.4, 0.5) is 5.82 Å². The van der Waals surface area contributed by atoms with Crippen molar-refractivity contribution in [2.45, 2.75) is 9.79 Å². The van der Waals surface area contributed by atoms with Crippen LogP contribution in [0.15, 0.2) is 82.7 Å². The van der Waals surface area contributed by atoms with E-state index in [0.29, 0.717) is 53.8 Å². The van der Waals surface area contributed by atoms with Gasteiger partial charge in [0.25, 0.3) is 5.91 Å². The number of carbonyl (C=O) groups excluding carboxylic acids is 2. The van der Waals surface area contributed by atoms with Crippen LogP contribution in [0.25, 0.3) is 11.1 Å². The first-order valence-electron chi connectivity index (χ1n) is 13.2. The quantitative estimate of drug-likeness (QED) is 0.283. The second kappa shape index (κ2) is 10.8. The van der Waals surface area contributed by atoms with Crippen LogP contribution in [0.1, 0.15) is 26.3 Å². The van der Waals surface area contributed by atoms with Crippen molar-refractivity contribution in [2.24, 2.45) is 0 Å². The number of methoxy groups -OCH3 is 2. The number of fused-ring (bicyclic) bond motifs is 2. The van der Waals surface area contributed by atoms with Gasteiger partial charge in [0.05, 0.1) is 40.2 Å². The first kappa shape index (κ1) is 27.7. The second-order valence-corrected chi connectivity index (χ2v) is 12.2. The van der Waals surface area contributed by atoms with Crippen molar-refractivity contribution in [3.05, 3.63) is 94.6 Å². The molecule has 0 spiro atoms. The van der Waals surface area contributed by atoms with E-state index >= 15 is 0 Å². The van der Waals surface area contributed by atoms with Gasteiger partial charge in [0, 0.05) is 37.9 Å². The summed E-state index contributed by atoms with van der Waals surface area (Å²) in [4.78, 5) is 35.2. The van der Waals surface area contributed by atoms with Gasteiger partial charge in [-0.2, -0.15) is 0 Å². The number of anilines is 1. The van der Waals surface area contributed by atoms with Gasteiger partial charge >= 0.3 is 0 Å². The molecule has 1 amide bonds. The van der Waals surface area contributed by atoms with E-state index < -0.39 is 15.6 Å². The molecule has 9 nitrogen and oxygen atoms in total. The van der Waals surface area contributed by atoms with E-state index in [1.54, 1.807) is 41.4 Å². The zero-order valence-electron chi connectivity index (χ0n) is 22.8. The number of halogens is 1. The number of nitrogens with zero attached hydrogens (tertiary/aromatic N) is 3. The van der Waals surface area contributed by atoms with Crippen molar-refractivity contribution < 1.29 is 27.5 Å². The molecule has 1 fully saturated rings. The Kier molecular flexibility index (Phi) is 7.12. The molecule has 0 unspecified atom stereocenters. The highest BCUT2D eigenvalue weighted by atomic mass is 35.5. The Labute approximate surface area is 248 Å². The summed E-state index contributed by atoms with van der Waals surface area (Å²) in [5, 5.41) is 0.541. The Morgan fingerprint density at radius 1 is 0.857 bits per heavy atom. The summed E-state index contributed by atoms with van der Waals surface area (Å²) >= 11 is 5.95. The molecular formula is C31H26ClN3O6S. The second-order valence-electron chi connectivity index (χ2n) is 9.91. The number of amides is 1. The van der Waals surface area contributed by atoms with E-state index in [4.69, 9.17) is 21.1 Å². The molecule has 0 radical (unpaired) electrons. The van der Waals surface area contributed by atoms with Crippen molar-refractivity contribution >= 4 is 38.9 Å². The maximum Gasteiger partial charge on any atom is 0.254 e. The lowest BCUT2D eigenvalue weighted by Crippen LogP contribution is -2.49. The number of hydrogen-bond donors (Lipinski definition) is 0. The van der Waals surface area contributed by atoms with Gasteiger partial charge in [0.1, 0.15) is 5.82 Å². The van der Waals surface area contributed by atoms with Crippen LogP contribution >= 0.6 is 11.6 Å². The summed E-state index contributed by atoms with van der Waals surface area (Å²) < 4.78 is 38.4. The van der Waals surface area contributed by atoms with E-state index in [1.165, 1.54) is 44.6 Å². The SMILES string of the molecule is COc1ccc(-c2ccc3c(c2)S(=O)(=O)c2cccc(C(=O)N4CCN(c5ccc(Cl)cn5)CC4)c2C3=O)cc1OC. The smallest absolute Gasteiger partial charge is 0.254 e. The van der Waals surface area contributed by atoms with Crippen molar-refractivity contribution in [1.82, 2.24) is 9.88 Å². The van der Waals surface area contributed by atoms with Gasteiger partial charge in [-0.15, -0.1) is 0 Å². The third-order valence-corrected chi connectivity index (χ3v) is 9.67. The average Bonchev–Trinajstić information content (AvgIpc) is 3.03. The maximum absolute atomic E-state index is 13.9. The maximum atomic E-state index is 13.9. The van der Waals surface area contributed by atoms with Gasteiger partial charge in [0.2, 0.25) is 9.84 Å². The van der Waals surface area contributed by atoms with E-state index in [0.717, 1.165) is 5.82 Å². The molecule has 0 bridgehead atoms. The lowest BCUT2D eigenvalue weighted by atomic mass is 9.95. The highest BCUT2D eigenvalue weighted by Gasteiger charge is 2.38. The number of pyridine rings is 1. The number of ketones is 1. The summed E-state index contributed by atoms with van der Waals surface area (Å²) in [7, 11) is -1.05. The topological polar surface area (TPSA) is 106 Å². The van der Waals surface area contributed by atoms with Gasteiger partial charge in [-0.25, -0.2) is 13.4 Å². The monoisotopic (exact) mass is 603 g/mol. The van der Waals surface area contributed by atoms with Crippen LogP contribution in [0.5, 0.6) is 11.5 Å². The molecule has 6 rings (SSSR count). The number of aromatic nitrogens is 1. The first-order valence-corrected chi connectivity index (χ1v) is 15.0. The Morgan fingerprint density at radius 2 is 1.57 bits per heavy atom. The van der Waals surface area contributed by atoms with Crippen molar-refractivity contribution in [3.63, 3.8) is 0 Å². The fourth-order valence-corrected chi connectivity index (χ4v) is 7.22. The molecular weight excluding hydrogens is 578 g/mol. The standard InChI is InChI=1S/C31H26ClN3O6S/c1-40-24-10-7-19(16-25(24)41-2)20-6-9-22-27(17-20)42(38,39)26-5-3-4-23(29(26)30(22)36)31(37)35-14-12-34(13-15-35)28-11-8-21(32)18-33-28/h3-11,16-18H,12-15H2,1-2H3. The molecule has 2 aliphatic heterocycles. The normalized spacial score (nSPS) is 15.5. The molecule has 214 valence electrons. The number of piperazine rings is 1. The van der Waals surface area contributed by atoms with Crippen LogP contribution in [0.3, 0.4) is 0 Å². The molecule has 4 aromatic rings. The number of ether oxygens (including phenoxy) is 2. The number of rotatable bonds is 5. The number of sulfone groups is 1. The van der Waals surface area contributed by atoms with E-state index in [9.17, 15) is 18.0 Å². The zero-order chi connectivity index (χ0) is 29.6. The third kappa shape index (κ3) is 4.66. The van der Waals surface area contributed by atoms with Crippen LogP contribution < -0.4 is 14.4 Å². The molecule has 1 aromatic heterocycles. The van der Waals surface area contributed by atoms with E-state index in [2.05, 4.69) is 4.98 Å². The fourth-order valence-electron chi connectivity index (χ4n) is 5.41. The lowest BCUT2D eigenvalue weighted by Gasteiger charge is -2.36. The first-order chi connectivity index (χ1) is 20.2. The molecule has 3 aromatic carbocycles. The number of benzene rings is 3. The molecule has 0 atom stereocenters. The summed E-state index contributed by atoms with van der Waals surface area (Å²) in [5.74, 6) is 0.904. The Morgan fingerprint density at radius 3 is 2.26 bits per heavy atom. The zero-order valence-corrected chi connectivity index (χ0v) is 24.4. The molecule has 0 saturated carbocycles. The summed E-state index contributed by atoms with van der Waals surface area (Å²) in [5.41, 5.74) is 1.31. The largest absolute Gasteiger partial charge is 0.493 e. The summed E-state index contributed by atoms with van der Waals surface area (Å²) in [6.07, 6.45) is 1.57. The van der Waals surface area contributed by atoms with Crippen LogP contribution in [0.2, 0.25) is 5.02 Å². The fraction of sp³-hybridized carbons (Fsp3) is 0.194. The van der Waals surface area contributed by atoms with Crippen LogP contribution in [-0.4, -0.2) is 70.4 Å². The Bertz CT molecular complexity index is 1830. The predicted molar refractivity (Wildman–Crippen MR) is 158 cm³/mol. The van der Waals surface area contributed by atoms with Crippen LogP contribution in [-0.2, 0) is 9.84 Å². The molecule has 11 heteroatoms. The molecule has 1 saturated heterocycles. The molecule has 0 N–H and O–H groups in total. The summed E-state index contributed by atoms with van der Waals surface area (Å²) in [6, 6.07) is 17.9. The van der Waals surface area contributed by atoms with Crippen LogP contribution in [0, 0.1) is 0 Å². The lowest BCUT2D eigenvalue weighted by molar-refractivity contribution is 0.0741. The van der Waals surface area contributed by atoms with Gasteiger partial charge in [-0.1, -0.05) is 29.8 Å². The van der Waals surface area contributed by atoms with E-state index in [-0.39, 0.29) is 32.4 Å². The minimum absolute atomic E-state index is 0.0330. The van der Waals surface area contributed by atoms with Crippen molar-refractivity contribution in [1.29, 1.82) is 0 Å². The van der Waals surface area contributed by atoms with Crippen molar-refractivity contribution in [2.75, 3.05) is 45.3 Å². The third-order valence-electron chi connectivity index (χ3n) is 7.61. The van der Waals surface area contributed by atoms with Gasteiger partial charge in [-0.3, -0.25) is 9.59 Å². The summed E-state index contributed by atoms with van der Waals surface area (Å²) in [6.45, 7) is 1.84. The number of carbonyl (C=O) groups is 2. The molecule has 42 heavy (non-hydrogen) atoms. The van der Waals surface area contributed by atoms with Gasteiger partial charge < -0.3 is 19.3 Å². The average molecular weight is 604 g/mol. The predicted octanol–water partition coefficient (Wildman–Crippen LogP) is 4.76. The minimum Gasteiger partial charge on any atom is -0.493 e.